The average Bonchev–Trinajstić information content (AvgIpc) is 3.10. The Hall–Kier alpha value is -2.86. The second-order valence-electron chi connectivity index (χ2n) is 6.94. The Morgan fingerprint density at radius 2 is 1.97 bits per heavy atom. The fraction of sp³-hybridized carbons (Fsp3) is 0.318. The fourth-order valence-electron chi connectivity index (χ4n) is 3.10. The van der Waals surface area contributed by atoms with Crippen LogP contribution in [0.2, 0.25) is 5.02 Å². The van der Waals surface area contributed by atoms with E-state index in [2.05, 4.69) is 5.32 Å². The van der Waals surface area contributed by atoms with Crippen LogP contribution in [0.5, 0.6) is 0 Å². The van der Waals surface area contributed by atoms with Gasteiger partial charge in [0.05, 0.1) is 18.1 Å². The van der Waals surface area contributed by atoms with Crippen LogP contribution in [0, 0.1) is 5.92 Å². The lowest BCUT2D eigenvalue weighted by atomic mass is 10.1. The van der Waals surface area contributed by atoms with Gasteiger partial charge < -0.3 is 15.0 Å². The molecule has 3 rings (SSSR count). The van der Waals surface area contributed by atoms with Gasteiger partial charge in [-0.2, -0.15) is 0 Å². The molecule has 1 aliphatic rings. The number of nitrogens with one attached hydrogen (secondary N) is 1. The summed E-state index contributed by atoms with van der Waals surface area (Å²) < 4.78 is 5.17. The van der Waals surface area contributed by atoms with E-state index < -0.39 is 5.92 Å². The van der Waals surface area contributed by atoms with Crippen LogP contribution in [-0.2, 0) is 14.3 Å². The zero-order valence-corrected chi connectivity index (χ0v) is 16.9. The van der Waals surface area contributed by atoms with Crippen molar-refractivity contribution in [2.24, 2.45) is 5.92 Å². The Kier molecular flexibility index (Phi) is 6.88. The zero-order valence-electron chi connectivity index (χ0n) is 16.2. The van der Waals surface area contributed by atoms with Gasteiger partial charge in [-0.05, 0) is 48.9 Å². The molecule has 0 radical (unpaired) electrons. The smallest absolute Gasteiger partial charge is 0.338 e. The van der Waals surface area contributed by atoms with Gasteiger partial charge in [-0.3, -0.25) is 9.59 Å². The minimum absolute atomic E-state index is 0.113. The highest BCUT2D eigenvalue weighted by Crippen LogP contribution is 2.28. The van der Waals surface area contributed by atoms with Gasteiger partial charge in [-0.1, -0.05) is 31.0 Å². The normalized spacial score (nSPS) is 16.0. The third-order valence-corrected chi connectivity index (χ3v) is 4.97. The summed E-state index contributed by atoms with van der Waals surface area (Å²) in [6, 6.07) is 13.5. The van der Waals surface area contributed by atoms with Crippen LogP contribution in [0.1, 0.15) is 36.5 Å². The highest BCUT2D eigenvalue weighted by molar-refractivity contribution is 6.31. The molecule has 0 aliphatic carbocycles. The summed E-state index contributed by atoms with van der Waals surface area (Å²) in [4.78, 5) is 38.4. The molecule has 1 atom stereocenters. The number of unbranched alkanes of at least 4 members (excludes halogenated alkanes) is 1. The molecule has 1 heterocycles. The van der Waals surface area contributed by atoms with Crippen molar-refractivity contribution in [1.82, 2.24) is 0 Å². The predicted molar refractivity (Wildman–Crippen MR) is 112 cm³/mol. The highest BCUT2D eigenvalue weighted by atomic mass is 35.5. The number of halogens is 1. The molecule has 29 heavy (non-hydrogen) atoms. The van der Waals surface area contributed by atoms with E-state index in [1.807, 2.05) is 6.92 Å². The zero-order chi connectivity index (χ0) is 20.8. The van der Waals surface area contributed by atoms with Gasteiger partial charge in [0.25, 0.3) is 0 Å². The van der Waals surface area contributed by atoms with Crippen molar-refractivity contribution in [2.75, 3.05) is 23.4 Å². The van der Waals surface area contributed by atoms with E-state index in [1.165, 1.54) is 0 Å². The number of esters is 1. The van der Waals surface area contributed by atoms with Crippen LogP contribution in [0.3, 0.4) is 0 Å². The Balaban J connectivity index is 1.58. The minimum atomic E-state index is -0.458. The summed E-state index contributed by atoms with van der Waals surface area (Å²) in [6.45, 7) is 2.72. The first-order chi connectivity index (χ1) is 14.0. The van der Waals surface area contributed by atoms with Crippen molar-refractivity contribution in [3.63, 3.8) is 0 Å². The summed E-state index contributed by atoms with van der Waals surface area (Å²) >= 11 is 6.00. The second-order valence-corrected chi connectivity index (χ2v) is 7.38. The summed E-state index contributed by atoms with van der Waals surface area (Å²) in [5.41, 5.74) is 1.68. The number of carbonyl (C=O) groups is 3. The van der Waals surface area contributed by atoms with E-state index >= 15 is 0 Å². The predicted octanol–water partition coefficient (Wildman–Crippen LogP) is 4.29. The summed E-state index contributed by atoms with van der Waals surface area (Å²) in [5.74, 6) is -1.19. The van der Waals surface area contributed by atoms with E-state index in [-0.39, 0.29) is 24.2 Å². The molecular formula is C22H23ClN2O4. The quantitative estimate of drug-likeness (QED) is 0.541. The van der Waals surface area contributed by atoms with Crippen LogP contribution in [-0.4, -0.2) is 30.9 Å². The number of carbonyl (C=O) groups excluding carboxylic acids is 3. The molecule has 1 saturated heterocycles. The summed E-state index contributed by atoms with van der Waals surface area (Å²) in [6.07, 6.45) is 1.92. The maximum absolute atomic E-state index is 12.6. The first kappa shape index (κ1) is 20.9. The number of benzene rings is 2. The lowest BCUT2D eigenvalue weighted by Crippen LogP contribution is -2.28. The van der Waals surface area contributed by atoms with Crippen molar-refractivity contribution in [3.8, 4) is 0 Å². The van der Waals surface area contributed by atoms with Crippen LogP contribution in [0.25, 0.3) is 0 Å². The molecular weight excluding hydrogens is 392 g/mol. The number of hydrogen-bond donors (Lipinski definition) is 1. The Bertz CT molecular complexity index is 898. The standard InChI is InChI=1S/C22H23ClN2O4/c1-2-3-11-29-22(28)15-7-9-18(10-8-15)24-21(27)16-12-20(26)25(14-16)19-6-4-5-17(23)13-19/h4-10,13,16H,2-3,11-12,14H2,1H3,(H,24,27)/t16-/m0/s1. The molecule has 0 saturated carbocycles. The lowest BCUT2D eigenvalue weighted by molar-refractivity contribution is -0.122. The summed E-state index contributed by atoms with van der Waals surface area (Å²) in [5, 5.41) is 3.35. The van der Waals surface area contributed by atoms with Gasteiger partial charge in [-0.15, -0.1) is 0 Å². The molecule has 6 nitrogen and oxygen atoms in total. The molecule has 1 N–H and O–H groups in total. The molecule has 0 bridgehead atoms. The van der Waals surface area contributed by atoms with Gasteiger partial charge in [0.2, 0.25) is 11.8 Å². The van der Waals surface area contributed by atoms with Crippen molar-refractivity contribution in [3.05, 3.63) is 59.1 Å². The first-order valence-corrected chi connectivity index (χ1v) is 9.99. The van der Waals surface area contributed by atoms with Gasteiger partial charge in [-0.25, -0.2) is 4.79 Å². The first-order valence-electron chi connectivity index (χ1n) is 9.62. The average molecular weight is 415 g/mol. The van der Waals surface area contributed by atoms with Gasteiger partial charge >= 0.3 is 5.97 Å². The van der Waals surface area contributed by atoms with Crippen molar-refractivity contribution >= 4 is 40.8 Å². The number of anilines is 2. The molecule has 2 aromatic carbocycles. The molecule has 0 spiro atoms. The Morgan fingerprint density at radius 3 is 2.66 bits per heavy atom. The monoisotopic (exact) mass is 414 g/mol. The van der Waals surface area contributed by atoms with E-state index in [4.69, 9.17) is 16.3 Å². The topological polar surface area (TPSA) is 75.7 Å². The van der Waals surface area contributed by atoms with Crippen LogP contribution in [0.15, 0.2) is 48.5 Å². The maximum atomic E-state index is 12.6. The number of ether oxygens (including phenoxy) is 1. The molecule has 1 aliphatic heterocycles. The van der Waals surface area contributed by atoms with Crippen LogP contribution >= 0.6 is 11.6 Å². The SMILES string of the molecule is CCCCOC(=O)c1ccc(NC(=O)[C@H]2CC(=O)N(c3cccc(Cl)c3)C2)cc1. The largest absolute Gasteiger partial charge is 0.462 e. The third kappa shape index (κ3) is 5.35. The summed E-state index contributed by atoms with van der Waals surface area (Å²) in [7, 11) is 0. The van der Waals surface area contributed by atoms with Crippen LogP contribution in [0.4, 0.5) is 11.4 Å². The van der Waals surface area contributed by atoms with E-state index in [1.54, 1.807) is 53.4 Å². The minimum Gasteiger partial charge on any atom is -0.462 e. The van der Waals surface area contributed by atoms with Crippen molar-refractivity contribution in [2.45, 2.75) is 26.2 Å². The molecule has 2 aromatic rings. The molecule has 1 fully saturated rings. The van der Waals surface area contributed by atoms with E-state index in [9.17, 15) is 14.4 Å². The van der Waals surface area contributed by atoms with Gasteiger partial charge in [0, 0.05) is 29.4 Å². The number of nitrogens with zero attached hydrogens (tertiary/aromatic N) is 1. The maximum Gasteiger partial charge on any atom is 0.338 e. The van der Waals surface area contributed by atoms with Gasteiger partial charge in [0.15, 0.2) is 0 Å². The lowest BCUT2D eigenvalue weighted by Gasteiger charge is -2.17. The fourth-order valence-corrected chi connectivity index (χ4v) is 3.29. The van der Waals surface area contributed by atoms with Crippen molar-refractivity contribution in [1.29, 1.82) is 0 Å². The molecule has 152 valence electrons. The van der Waals surface area contributed by atoms with E-state index in [0.717, 1.165) is 12.8 Å². The third-order valence-electron chi connectivity index (χ3n) is 4.73. The number of hydrogen-bond acceptors (Lipinski definition) is 4. The highest BCUT2D eigenvalue weighted by Gasteiger charge is 2.35. The Morgan fingerprint density at radius 1 is 1.21 bits per heavy atom. The number of amides is 2. The molecule has 7 heteroatoms. The Labute approximate surface area is 174 Å². The van der Waals surface area contributed by atoms with E-state index in [0.29, 0.717) is 35.1 Å². The molecule has 0 unspecified atom stereocenters. The molecule has 2 amide bonds. The molecule has 0 aromatic heterocycles. The van der Waals surface area contributed by atoms with Gasteiger partial charge in [0.1, 0.15) is 0 Å². The number of rotatable bonds is 7. The van der Waals surface area contributed by atoms with Crippen molar-refractivity contribution < 1.29 is 19.1 Å². The second kappa shape index (κ2) is 9.56. The van der Waals surface area contributed by atoms with Crippen LogP contribution < -0.4 is 10.2 Å².